The van der Waals surface area contributed by atoms with Gasteiger partial charge in [0.1, 0.15) is 29.5 Å². The van der Waals surface area contributed by atoms with Gasteiger partial charge in [-0.1, -0.05) is 30.3 Å². The fourth-order valence-corrected chi connectivity index (χ4v) is 7.55. The molecule has 0 radical (unpaired) electrons. The molecule has 10 nitrogen and oxygen atoms in total. The summed E-state index contributed by atoms with van der Waals surface area (Å²) < 4.78 is 40.1. The van der Waals surface area contributed by atoms with Crippen LogP contribution < -0.4 is 15.0 Å². The third kappa shape index (κ3) is 4.91. The lowest BCUT2D eigenvalue weighted by Crippen LogP contribution is -2.43. The summed E-state index contributed by atoms with van der Waals surface area (Å²) in [5.74, 6) is -0.308. The van der Waals surface area contributed by atoms with Crippen molar-refractivity contribution < 1.29 is 18.3 Å². The van der Waals surface area contributed by atoms with Crippen LogP contribution in [0, 0.1) is 11.6 Å². The zero-order chi connectivity index (χ0) is 31.4. The average Bonchev–Trinajstić information content (AvgIpc) is 3.70. The highest BCUT2D eigenvalue weighted by Gasteiger charge is 2.45. The van der Waals surface area contributed by atoms with Crippen LogP contribution in [-0.2, 0) is 17.9 Å². The van der Waals surface area contributed by atoms with Crippen LogP contribution in [0.25, 0.3) is 32.9 Å². The minimum atomic E-state index is -0.656. The Balaban J connectivity index is 1.24. The van der Waals surface area contributed by atoms with Crippen molar-refractivity contribution in [3.63, 3.8) is 0 Å². The number of hydrogen-bond donors (Lipinski definition) is 1. The van der Waals surface area contributed by atoms with Crippen molar-refractivity contribution in [2.45, 2.75) is 57.7 Å². The summed E-state index contributed by atoms with van der Waals surface area (Å²) in [6, 6.07) is 12.0. The first kappa shape index (κ1) is 28.7. The SMILES string of the molecule is CC(=O)Nc1cc2n(n1)CCCN(c1nc(OCC34CCCN3CCC4)nc3c(F)c(-c4cccc5cccc(F)c45)ncc13)C2. The topological polar surface area (TPSA) is 101 Å². The first-order chi connectivity index (χ1) is 22.4. The van der Waals surface area contributed by atoms with Crippen molar-refractivity contribution in [1.29, 1.82) is 0 Å². The molecule has 6 heterocycles. The van der Waals surface area contributed by atoms with E-state index in [-0.39, 0.29) is 28.7 Å². The maximum absolute atomic E-state index is 16.7. The maximum atomic E-state index is 16.7. The van der Waals surface area contributed by atoms with Crippen molar-refractivity contribution >= 4 is 39.2 Å². The molecule has 8 rings (SSSR count). The lowest BCUT2D eigenvalue weighted by molar-refractivity contribution is -0.114. The molecule has 2 aromatic carbocycles. The maximum Gasteiger partial charge on any atom is 0.319 e. The second-order valence-electron chi connectivity index (χ2n) is 12.6. The number of pyridine rings is 1. The second-order valence-corrected chi connectivity index (χ2v) is 12.6. The molecule has 1 amide bonds. The number of fused-ring (bicyclic) bond motifs is 4. The Kier molecular flexibility index (Phi) is 7.04. The van der Waals surface area contributed by atoms with E-state index in [4.69, 9.17) is 9.72 Å². The van der Waals surface area contributed by atoms with Crippen LogP contribution in [0.4, 0.5) is 20.4 Å². The number of halogens is 2. The van der Waals surface area contributed by atoms with Crippen LogP contribution in [0.5, 0.6) is 6.01 Å². The summed E-state index contributed by atoms with van der Waals surface area (Å²) in [6.45, 7) is 5.69. The van der Waals surface area contributed by atoms with Gasteiger partial charge in [0, 0.05) is 43.2 Å². The van der Waals surface area contributed by atoms with E-state index in [1.54, 1.807) is 36.5 Å². The largest absolute Gasteiger partial charge is 0.461 e. The summed E-state index contributed by atoms with van der Waals surface area (Å²) in [5.41, 5.74) is 1.29. The van der Waals surface area contributed by atoms with Crippen LogP contribution in [0.15, 0.2) is 48.7 Å². The third-order valence-electron chi connectivity index (χ3n) is 9.65. The number of ether oxygens (including phenoxy) is 1. The number of hydrogen-bond acceptors (Lipinski definition) is 8. The Morgan fingerprint density at radius 1 is 1.02 bits per heavy atom. The molecule has 2 fully saturated rings. The summed E-state index contributed by atoms with van der Waals surface area (Å²) in [7, 11) is 0. The van der Waals surface area contributed by atoms with E-state index in [0.717, 1.165) is 50.9 Å². The zero-order valence-electron chi connectivity index (χ0n) is 25.6. The van der Waals surface area contributed by atoms with Gasteiger partial charge in [-0.3, -0.25) is 19.4 Å². The smallest absolute Gasteiger partial charge is 0.319 e. The van der Waals surface area contributed by atoms with Gasteiger partial charge < -0.3 is 15.0 Å². The van der Waals surface area contributed by atoms with Crippen molar-refractivity contribution in [2.24, 2.45) is 0 Å². The molecule has 1 N–H and O–H groups in total. The monoisotopic (exact) mass is 624 g/mol. The van der Waals surface area contributed by atoms with Crippen LogP contribution in [-0.4, -0.2) is 67.3 Å². The van der Waals surface area contributed by atoms with E-state index in [1.807, 2.05) is 10.7 Å². The summed E-state index contributed by atoms with van der Waals surface area (Å²) in [5, 5.41) is 8.70. The number of nitrogens with zero attached hydrogens (tertiary/aromatic N) is 7. The first-order valence-corrected chi connectivity index (χ1v) is 15.9. The van der Waals surface area contributed by atoms with Crippen molar-refractivity contribution in [1.82, 2.24) is 29.6 Å². The van der Waals surface area contributed by atoms with Gasteiger partial charge in [0.25, 0.3) is 0 Å². The molecule has 0 spiro atoms. The van der Waals surface area contributed by atoms with E-state index in [2.05, 4.69) is 30.2 Å². The highest BCUT2D eigenvalue weighted by molar-refractivity contribution is 5.99. The Hall–Kier alpha value is -4.71. The predicted octanol–water partition coefficient (Wildman–Crippen LogP) is 5.70. The third-order valence-corrected chi connectivity index (χ3v) is 9.65. The van der Waals surface area contributed by atoms with Crippen LogP contribution in [0.3, 0.4) is 0 Å². The number of nitrogens with one attached hydrogen (secondary N) is 1. The lowest BCUT2D eigenvalue weighted by atomic mass is 9.95. The fourth-order valence-electron chi connectivity index (χ4n) is 7.55. The number of rotatable bonds is 6. The molecule has 46 heavy (non-hydrogen) atoms. The quantitative estimate of drug-likeness (QED) is 0.257. The number of benzene rings is 2. The first-order valence-electron chi connectivity index (χ1n) is 15.9. The van der Waals surface area contributed by atoms with Gasteiger partial charge in [-0.2, -0.15) is 15.1 Å². The molecule has 0 unspecified atom stereocenters. The minimum Gasteiger partial charge on any atom is -0.461 e. The Morgan fingerprint density at radius 3 is 2.63 bits per heavy atom. The average molecular weight is 625 g/mol. The number of carbonyl (C=O) groups is 1. The molecule has 0 aliphatic carbocycles. The number of amides is 1. The second kappa shape index (κ2) is 11.3. The Labute approximate surface area is 264 Å². The fraction of sp³-hybridized carbons (Fsp3) is 0.382. The highest BCUT2D eigenvalue weighted by atomic mass is 19.1. The molecule has 12 heteroatoms. The summed E-state index contributed by atoms with van der Waals surface area (Å²) >= 11 is 0. The Morgan fingerprint density at radius 2 is 1.83 bits per heavy atom. The van der Waals surface area contributed by atoms with Gasteiger partial charge in [0.05, 0.1) is 23.2 Å². The Bertz CT molecular complexity index is 1980. The zero-order valence-corrected chi connectivity index (χ0v) is 25.6. The highest BCUT2D eigenvalue weighted by Crippen LogP contribution is 2.40. The molecule has 0 saturated carbocycles. The van der Waals surface area contributed by atoms with E-state index in [1.165, 1.54) is 13.0 Å². The van der Waals surface area contributed by atoms with E-state index < -0.39 is 11.6 Å². The summed E-state index contributed by atoms with van der Waals surface area (Å²) in [6.07, 6.45) is 6.67. The van der Waals surface area contributed by atoms with Crippen molar-refractivity contribution in [2.75, 3.05) is 36.5 Å². The normalized spacial score (nSPS) is 17.7. The molecule has 5 aromatic rings. The molecular formula is C34H34F2N8O2. The number of carbonyl (C=O) groups excluding carboxylic acids is 1. The molecule has 3 aromatic heterocycles. The van der Waals surface area contributed by atoms with E-state index in [0.29, 0.717) is 59.6 Å². The van der Waals surface area contributed by atoms with Gasteiger partial charge in [0.15, 0.2) is 11.6 Å². The van der Waals surface area contributed by atoms with Crippen LogP contribution >= 0.6 is 0 Å². The number of aromatic nitrogens is 5. The van der Waals surface area contributed by atoms with Crippen molar-refractivity contribution in [3.05, 3.63) is 66.0 Å². The molecule has 0 bridgehead atoms. The van der Waals surface area contributed by atoms with Gasteiger partial charge in [0.2, 0.25) is 5.91 Å². The van der Waals surface area contributed by atoms with E-state index >= 15 is 8.78 Å². The number of anilines is 2. The van der Waals surface area contributed by atoms with Crippen LogP contribution in [0.2, 0.25) is 0 Å². The molecule has 236 valence electrons. The van der Waals surface area contributed by atoms with Crippen LogP contribution in [0.1, 0.15) is 44.7 Å². The van der Waals surface area contributed by atoms with Gasteiger partial charge in [-0.25, -0.2) is 8.78 Å². The molecule has 2 saturated heterocycles. The van der Waals surface area contributed by atoms with E-state index in [9.17, 15) is 4.79 Å². The molecule has 3 aliphatic heterocycles. The van der Waals surface area contributed by atoms with Gasteiger partial charge in [-0.15, -0.1) is 0 Å². The minimum absolute atomic E-state index is 0.0176. The summed E-state index contributed by atoms with van der Waals surface area (Å²) in [4.78, 5) is 30.3. The van der Waals surface area contributed by atoms with Gasteiger partial charge >= 0.3 is 6.01 Å². The molecule has 0 atom stereocenters. The van der Waals surface area contributed by atoms with Crippen molar-refractivity contribution in [3.8, 4) is 17.3 Å². The number of aryl methyl sites for hydroxylation is 1. The van der Waals surface area contributed by atoms with Gasteiger partial charge in [-0.05, 0) is 56.6 Å². The lowest BCUT2D eigenvalue weighted by Gasteiger charge is -2.31. The standard InChI is InChI=1S/C34H34F2N8O2/c1-21(45)38-27-17-23-19-42(13-6-16-44(23)41-27)32-25-18-37-30(24-9-2-7-22-8-3-10-26(35)28(22)24)29(36)31(25)39-33(40-32)46-20-34-11-4-14-43(34)15-5-12-34/h2-3,7-10,17-18H,4-6,11-16,19-20H2,1H3,(H,38,41,45). The molecular weight excluding hydrogens is 590 g/mol. The predicted molar refractivity (Wildman–Crippen MR) is 171 cm³/mol. The molecule has 3 aliphatic rings.